The van der Waals surface area contributed by atoms with Crippen molar-refractivity contribution in [3.8, 4) is 11.5 Å². The second kappa shape index (κ2) is 7.98. The number of hydrogen-bond donors (Lipinski definition) is 2. The zero-order valence-corrected chi connectivity index (χ0v) is 12.8. The van der Waals surface area contributed by atoms with E-state index in [0.29, 0.717) is 33.6 Å². The highest BCUT2D eigenvalue weighted by Gasteiger charge is 2.09. The van der Waals surface area contributed by atoms with Crippen LogP contribution in [-0.2, 0) is 0 Å². The Balaban J connectivity index is 2.25. The quantitative estimate of drug-likeness (QED) is 0.504. The molecule has 0 fully saturated rings. The number of benzene rings is 2. The van der Waals surface area contributed by atoms with E-state index in [4.69, 9.17) is 13.8 Å². The maximum Gasteiger partial charge on any atom is 0.141 e. The first-order valence-electron chi connectivity index (χ1n) is 5.17. The Hall–Kier alpha value is -0.440. The van der Waals surface area contributed by atoms with Crippen molar-refractivity contribution in [3.05, 3.63) is 48.5 Å². The second-order valence-corrected chi connectivity index (χ2v) is 6.72. The molecule has 0 spiro atoms. The van der Waals surface area contributed by atoms with Crippen LogP contribution in [0, 0.1) is 0 Å². The van der Waals surface area contributed by atoms with Gasteiger partial charge in [-0.3, -0.25) is 0 Å². The van der Waals surface area contributed by atoms with Crippen LogP contribution in [0.1, 0.15) is 0 Å². The Bertz CT molecular complexity index is 488. The second-order valence-electron chi connectivity index (χ2n) is 3.31. The largest absolute Gasteiger partial charge is 0.455 e. The van der Waals surface area contributed by atoms with Crippen molar-refractivity contribution in [1.82, 2.24) is 0 Å². The van der Waals surface area contributed by atoms with Gasteiger partial charge in [0.1, 0.15) is 11.5 Å². The van der Waals surface area contributed by atoms with Gasteiger partial charge in [-0.05, 0) is 45.9 Å². The van der Waals surface area contributed by atoms with Crippen molar-refractivity contribution in [3.63, 3.8) is 0 Å². The van der Waals surface area contributed by atoms with Crippen molar-refractivity contribution in [1.29, 1.82) is 0 Å². The molecule has 0 aliphatic rings. The Labute approximate surface area is 127 Å². The lowest BCUT2D eigenvalue weighted by molar-refractivity contribution is 0.460. The lowest BCUT2D eigenvalue weighted by atomic mass is 10.3. The van der Waals surface area contributed by atoms with Crippen molar-refractivity contribution in [2.75, 3.05) is 0 Å². The van der Waals surface area contributed by atoms with Gasteiger partial charge in [0, 0.05) is 0 Å². The molecule has 3 nitrogen and oxygen atoms in total. The molecule has 0 saturated heterocycles. The van der Waals surface area contributed by atoms with Gasteiger partial charge in [-0.2, -0.15) is 0 Å². The fraction of sp³-hybridized carbons (Fsp3) is 0. The third-order valence-corrected chi connectivity index (χ3v) is 4.88. The van der Waals surface area contributed by atoms with Crippen LogP contribution in [0.25, 0.3) is 0 Å². The first kappa shape index (κ1) is 15.0. The molecular formula is C12H10O3S4. The van der Waals surface area contributed by atoms with E-state index in [9.17, 15) is 0 Å². The van der Waals surface area contributed by atoms with Crippen LogP contribution in [0.5, 0.6) is 11.5 Å². The summed E-state index contributed by atoms with van der Waals surface area (Å²) in [4.78, 5) is 1.68. The van der Waals surface area contributed by atoms with E-state index in [1.807, 2.05) is 48.5 Å². The van der Waals surface area contributed by atoms with Gasteiger partial charge in [-0.1, -0.05) is 24.3 Å². The van der Waals surface area contributed by atoms with Crippen LogP contribution < -0.4 is 4.74 Å². The molecule has 0 amide bonds. The summed E-state index contributed by atoms with van der Waals surface area (Å²) in [6, 6.07) is 14.9. The van der Waals surface area contributed by atoms with Crippen LogP contribution in [0.15, 0.2) is 58.3 Å². The standard InChI is InChI=1S/C12H10O3S4/c13-18-16-11-7-3-1-5-9(11)15-10-6-2-4-8-12(10)17-19-14/h1-8,13-14H. The zero-order valence-electron chi connectivity index (χ0n) is 9.55. The van der Waals surface area contributed by atoms with Gasteiger partial charge in [0.15, 0.2) is 0 Å². The molecule has 0 saturated carbocycles. The summed E-state index contributed by atoms with van der Waals surface area (Å²) < 4.78 is 23.7. The smallest absolute Gasteiger partial charge is 0.141 e. The fourth-order valence-corrected chi connectivity index (χ4v) is 3.53. The summed E-state index contributed by atoms with van der Waals surface area (Å²) in [5.41, 5.74) is 0. The highest BCUT2D eigenvalue weighted by molar-refractivity contribution is 8.74. The Morgan fingerprint density at radius 2 is 1.11 bits per heavy atom. The molecule has 19 heavy (non-hydrogen) atoms. The minimum absolute atomic E-state index is 0.671. The van der Waals surface area contributed by atoms with Crippen LogP contribution in [0.2, 0.25) is 0 Å². The first-order valence-corrected chi connectivity index (χ1v) is 9.38. The molecule has 2 N–H and O–H groups in total. The molecule has 0 unspecified atom stereocenters. The molecule has 0 aliphatic carbocycles. The van der Waals surface area contributed by atoms with E-state index in [1.165, 1.54) is 21.6 Å². The summed E-state index contributed by atoms with van der Waals surface area (Å²) in [6.45, 7) is 0. The molecular weight excluding hydrogens is 320 g/mol. The van der Waals surface area contributed by atoms with Gasteiger partial charge in [-0.15, -0.1) is 0 Å². The SMILES string of the molecule is OSSc1ccccc1Oc1ccccc1SSO. The summed E-state index contributed by atoms with van der Waals surface area (Å²) in [7, 11) is 2.45. The fourth-order valence-electron chi connectivity index (χ4n) is 1.41. The van der Waals surface area contributed by atoms with E-state index < -0.39 is 0 Å². The molecule has 100 valence electrons. The minimum atomic E-state index is 0.671. The van der Waals surface area contributed by atoms with Crippen LogP contribution in [-0.4, -0.2) is 9.11 Å². The molecule has 7 heteroatoms. The van der Waals surface area contributed by atoms with Crippen molar-refractivity contribution < 1.29 is 13.8 Å². The van der Waals surface area contributed by atoms with E-state index in [-0.39, 0.29) is 0 Å². The summed E-state index contributed by atoms with van der Waals surface area (Å²) in [6.07, 6.45) is 0. The van der Waals surface area contributed by atoms with Crippen LogP contribution >= 0.6 is 43.7 Å². The predicted octanol–water partition coefficient (Wildman–Crippen LogP) is 5.91. The third kappa shape index (κ3) is 4.27. The van der Waals surface area contributed by atoms with E-state index >= 15 is 0 Å². The van der Waals surface area contributed by atoms with Gasteiger partial charge < -0.3 is 13.8 Å². The van der Waals surface area contributed by atoms with Crippen molar-refractivity contribution >= 4 is 43.7 Å². The monoisotopic (exact) mass is 330 g/mol. The topological polar surface area (TPSA) is 49.7 Å². The molecule has 2 aromatic rings. The number of rotatable bonds is 6. The minimum Gasteiger partial charge on any atom is -0.455 e. The molecule has 0 aliphatic heterocycles. The summed E-state index contributed by atoms with van der Waals surface area (Å²) >= 11 is 1.36. The van der Waals surface area contributed by atoms with E-state index in [1.54, 1.807) is 0 Å². The van der Waals surface area contributed by atoms with Crippen LogP contribution in [0.4, 0.5) is 0 Å². The maximum absolute atomic E-state index is 8.93. The van der Waals surface area contributed by atoms with Crippen LogP contribution in [0.3, 0.4) is 0 Å². The Morgan fingerprint density at radius 1 is 0.684 bits per heavy atom. The molecule has 2 rings (SSSR count). The van der Waals surface area contributed by atoms with Crippen molar-refractivity contribution in [2.24, 2.45) is 0 Å². The highest BCUT2D eigenvalue weighted by Crippen LogP contribution is 2.41. The Morgan fingerprint density at radius 3 is 1.53 bits per heavy atom. The van der Waals surface area contributed by atoms with Gasteiger partial charge in [-0.25, -0.2) is 0 Å². The van der Waals surface area contributed by atoms with Gasteiger partial charge in [0.05, 0.1) is 31.9 Å². The van der Waals surface area contributed by atoms with E-state index in [0.717, 1.165) is 9.79 Å². The molecule has 0 atom stereocenters. The Kier molecular flexibility index (Phi) is 6.29. The maximum atomic E-state index is 8.93. The van der Waals surface area contributed by atoms with Crippen molar-refractivity contribution in [2.45, 2.75) is 9.79 Å². The zero-order chi connectivity index (χ0) is 13.5. The van der Waals surface area contributed by atoms with Gasteiger partial charge >= 0.3 is 0 Å². The average Bonchev–Trinajstić information content (AvgIpc) is 2.44. The molecule has 0 radical (unpaired) electrons. The third-order valence-electron chi connectivity index (χ3n) is 2.17. The molecule has 0 heterocycles. The van der Waals surface area contributed by atoms with Gasteiger partial charge in [0.2, 0.25) is 0 Å². The van der Waals surface area contributed by atoms with Gasteiger partial charge in [0.25, 0.3) is 0 Å². The first-order chi connectivity index (χ1) is 9.35. The normalized spacial score (nSPS) is 10.4. The summed E-state index contributed by atoms with van der Waals surface area (Å²) in [5, 5.41) is 0. The molecule has 2 aromatic carbocycles. The number of para-hydroxylation sites is 2. The number of ether oxygens (including phenoxy) is 1. The summed E-state index contributed by atoms with van der Waals surface area (Å²) in [5.74, 6) is 1.34. The number of hydrogen-bond acceptors (Lipinski definition) is 7. The lowest BCUT2D eigenvalue weighted by Crippen LogP contribution is -1.87. The average molecular weight is 330 g/mol. The molecule has 0 bridgehead atoms. The highest BCUT2D eigenvalue weighted by atomic mass is 33.1. The molecule has 0 aromatic heterocycles. The lowest BCUT2D eigenvalue weighted by Gasteiger charge is -2.11. The predicted molar refractivity (Wildman–Crippen MR) is 85.1 cm³/mol. The van der Waals surface area contributed by atoms with E-state index in [2.05, 4.69) is 0 Å².